The second-order valence-corrected chi connectivity index (χ2v) is 10.4. The molecule has 0 amide bonds. The Labute approximate surface area is 242 Å². The van der Waals surface area contributed by atoms with Crippen LogP contribution in [0.1, 0.15) is 24.8 Å². The van der Waals surface area contributed by atoms with Crippen LogP contribution >= 0.6 is 0 Å². The molecule has 2 saturated heterocycles. The summed E-state index contributed by atoms with van der Waals surface area (Å²) in [7, 11) is 1.48. The lowest BCUT2D eigenvalue weighted by atomic mass is 9.96. The summed E-state index contributed by atoms with van der Waals surface area (Å²) in [5.74, 6) is 2.41. The number of rotatable bonds is 4. The normalized spacial score (nSPS) is 17.9. The standard InChI is InChI=1S/C26H17FN4O2.C7H12FN/c1-3-18-21(27)10-9-15-11-17(32)12-19(24(15)18)22-13-23-20(14-28-26(31-23)33-2)25(30-22)29-16-7-5-4-6-8-16;8-6-4-7-2-1-3-9(7)5-6/h1,4-14,32H,2H3,(H,29,30);6-7H,1-5H2. The number of hydrogen-bond acceptors (Lipinski definition) is 7. The predicted molar refractivity (Wildman–Crippen MR) is 160 cm³/mol. The quantitative estimate of drug-likeness (QED) is 0.237. The Morgan fingerprint density at radius 2 is 1.95 bits per heavy atom. The van der Waals surface area contributed by atoms with E-state index in [4.69, 9.17) is 16.1 Å². The highest BCUT2D eigenvalue weighted by Crippen LogP contribution is 2.37. The van der Waals surface area contributed by atoms with Gasteiger partial charge < -0.3 is 15.2 Å². The number of nitrogens with zero attached hydrogens (tertiary/aromatic N) is 4. The third-order valence-electron chi connectivity index (χ3n) is 7.71. The summed E-state index contributed by atoms with van der Waals surface area (Å²) in [5, 5.41) is 15.4. The minimum atomic E-state index is -0.524. The number of aromatic nitrogens is 3. The van der Waals surface area contributed by atoms with Gasteiger partial charge in [0, 0.05) is 35.4 Å². The van der Waals surface area contributed by atoms with Crippen LogP contribution in [-0.2, 0) is 0 Å². The molecule has 2 atom stereocenters. The van der Waals surface area contributed by atoms with Crippen molar-refractivity contribution in [2.45, 2.75) is 31.5 Å². The highest BCUT2D eigenvalue weighted by atomic mass is 19.1. The predicted octanol–water partition coefficient (Wildman–Crippen LogP) is 6.62. The van der Waals surface area contributed by atoms with E-state index in [9.17, 15) is 13.9 Å². The Hall–Kier alpha value is -4.81. The molecule has 2 aliphatic rings. The fraction of sp³-hybridized carbons (Fsp3) is 0.242. The number of hydrogen-bond donors (Lipinski definition) is 2. The van der Waals surface area contributed by atoms with Gasteiger partial charge >= 0.3 is 6.01 Å². The maximum atomic E-state index is 14.6. The van der Waals surface area contributed by atoms with Gasteiger partial charge in [-0.15, -0.1) is 6.42 Å². The third-order valence-corrected chi connectivity index (χ3v) is 7.71. The number of nitrogens with one attached hydrogen (secondary N) is 1. The lowest BCUT2D eigenvalue weighted by Crippen LogP contribution is -2.22. The summed E-state index contributed by atoms with van der Waals surface area (Å²) in [6, 6.07) is 18.0. The number of phenols is 1. The minimum absolute atomic E-state index is 0.00631. The van der Waals surface area contributed by atoms with Crippen molar-refractivity contribution in [1.29, 1.82) is 0 Å². The van der Waals surface area contributed by atoms with Crippen molar-refractivity contribution in [2.75, 3.05) is 25.5 Å². The van der Waals surface area contributed by atoms with Gasteiger partial charge in [0.15, 0.2) is 0 Å². The molecule has 2 aliphatic heterocycles. The van der Waals surface area contributed by atoms with Crippen LogP contribution in [0.25, 0.3) is 32.9 Å². The molecule has 5 aromatic rings. The lowest BCUT2D eigenvalue weighted by molar-refractivity contribution is 0.292. The maximum Gasteiger partial charge on any atom is 0.316 e. The number of methoxy groups -OCH3 is 1. The van der Waals surface area contributed by atoms with Crippen LogP contribution in [0.3, 0.4) is 0 Å². The average Bonchev–Trinajstić information content (AvgIpc) is 3.58. The van der Waals surface area contributed by atoms with Crippen LogP contribution in [0.2, 0.25) is 0 Å². The summed E-state index contributed by atoms with van der Waals surface area (Å²) in [6.07, 6.45) is 10.1. The minimum Gasteiger partial charge on any atom is -0.508 e. The van der Waals surface area contributed by atoms with E-state index in [2.05, 4.69) is 26.1 Å². The number of terminal acetylenes is 1. The van der Waals surface area contributed by atoms with Gasteiger partial charge in [0.05, 0.1) is 29.3 Å². The van der Waals surface area contributed by atoms with Crippen molar-refractivity contribution in [2.24, 2.45) is 0 Å². The van der Waals surface area contributed by atoms with Crippen LogP contribution in [0.5, 0.6) is 11.8 Å². The number of anilines is 2. The molecular formula is C33H29F2N5O2. The first-order chi connectivity index (χ1) is 20.4. The average molecular weight is 566 g/mol. The van der Waals surface area contributed by atoms with Gasteiger partial charge in [0.2, 0.25) is 0 Å². The van der Waals surface area contributed by atoms with E-state index in [1.807, 2.05) is 30.3 Å². The van der Waals surface area contributed by atoms with Crippen LogP contribution in [0.15, 0.2) is 66.9 Å². The Morgan fingerprint density at radius 1 is 1.12 bits per heavy atom. The number of aromatic hydroxyl groups is 1. The molecule has 9 heteroatoms. The number of alkyl halides is 1. The Bertz CT molecular complexity index is 1800. The van der Waals surface area contributed by atoms with Gasteiger partial charge in [-0.05, 0) is 67.6 Å². The molecule has 4 heterocycles. The zero-order valence-electron chi connectivity index (χ0n) is 23.0. The second-order valence-electron chi connectivity index (χ2n) is 10.4. The Balaban J connectivity index is 0.000000296. The molecule has 2 aromatic heterocycles. The number of phenolic OH excluding ortho intramolecular Hbond substituents is 1. The molecular weight excluding hydrogens is 536 g/mol. The van der Waals surface area contributed by atoms with E-state index < -0.39 is 12.0 Å². The first-order valence-electron chi connectivity index (χ1n) is 13.8. The van der Waals surface area contributed by atoms with Crippen molar-refractivity contribution < 1.29 is 18.6 Å². The molecule has 7 rings (SSSR count). The molecule has 0 spiro atoms. The monoisotopic (exact) mass is 565 g/mol. The van der Waals surface area contributed by atoms with E-state index in [0.717, 1.165) is 18.7 Å². The molecule has 7 nitrogen and oxygen atoms in total. The van der Waals surface area contributed by atoms with Crippen molar-refractivity contribution in [3.63, 3.8) is 0 Å². The van der Waals surface area contributed by atoms with Crippen molar-refractivity contribution in [3.05, 3.63) is 78.2 Å². The van der Waals surface area contributed by atoms with Crippen LogP contribution in [-0.4, -0.2) is 57.4 Å². The number of pyridine rings is 1. The highest BCUT2D eigenvalue weighted by Gasteiger charge is 2.34. The van der Waals surface area contributed by atoms with E-state index in [0.29, 0.717) is 51.3 Å². The number of benzene rings is 3. The summed E-state index contributed by atoms with van der Waals surface area (Å²) in [4.78, 5) is 15.7. The number of fused-ring (bicyclic) bond motifs is 3. The van der Waals surface area contributed by atoms with Crippen molar-refractivity contribution in [3.8, 4) is 35.4 Å². The summed E-state index contributed by atoms with van der Waals surface area (Å²) in [5.41, 5.74) is 2.40. The van der Waals surface area contributed by atoms with Gasteiger partial charge in [-0.1, -0.05) is 30.2 Å². The summed E-state index contributed by atoms with van der Waals surface area (Å²) in [6.45, 7) is 1.86. The first kappa shape index (κ1) is 27.4. The molecule has 2 unspecified atom stereocenters. The van der Waals surface area contributed by atoms with E-state index in [1.165, 1.54) is 38.2 Å². The molecule has 212 valence electrons. The summed E-state index contributed by atoms with van der Waals surface area (Å²) < 4.78 is 32.4. The topological polar surface area (TPSA) is 83.4 Å². The zero-order chi connectivity index (χ0) is 29.2. The molecule has 2 fully saturated rings. The van der Waals surface area contributed by atoms with Gasteiger partial charge in [-0.2, -0.15) is 4.98 Å². The van der Waals surface area contributed by atoms with Gasteiger partial charge in [0.1, 0.15) is 23.6 Å². The van der Waals surface area contributed by atoms with Gasteiger partial charge in [0.25, 0.3) is 0 Å². The van der Waals surface area contributed by atoms with Crippen molar-refractivity contribution in [1.82, 2.24) is 19.9 Å². The molecule has 0 radical (unpaired) electrons. The second kappa shape index (κ2) is 11.6. The molecule has 2 N–H and O–H groups in total. The third kappa shape index (κ3) is 5.41. The molecule has 0 saturated carbocycles. The van der Waals surface area contributed by atoms with Gasteiger partial charge in [-0.3, -0.25) is 4.90 Å². The number of para-hydroxylation sites is 1. The van der Waals surface area contributed by atoms with Crippen LogP contribution in [0, 0.1) is 18.2 Å². The lowest BCUT2D eigenvalue weighted by Gasteiger charge is -2.14. The fourth-order valence-electron chi connectivity index (χ4n) is 5.80. The maximum absolute atomic E-state index is 14.6. The van der Waals surface area contributed by atoms with Gasteiger partial charge in [-0.25, -0.2) is 18.7 Å². The number of ether oxygens (including phenoxy) is 1. The van der Waals surface area contributed by atoms with Crippen molar-refractivity contribution >= 4 is 33.2 Å². The molecule has 3 aromatic carbocycles. The summed E-state index contributed by atoms with van der Waals surface area (Å²) >= 11 is 0. The van der Waals surface area contributed by atoms with E-state index in [-0.39, 0.29) is 17.3 Å². The zero-order valence-corrected chi connectivity index (χ0v) is 23.0. The first-order valence-corrected chi connectivity index (χ1v) is 13.8. The molecule has 0 aliphatic carbocycles. The largest absolute Gasteiger partial charge is 0.508 e. The Morgan fingerprint density at radius 3 is 2.71 bits per heavy atom. The molecule has 42 heavy (non-hydrogen) atoms. The molecule has 0 bridgehead atoms. The highest BCUT2D eigenvalue weighted by molar-refractivity contribution is 6.03. The van der Waals surface area contributed by atoms with Crippen LogP contribution < -0.4 is 10.1 Å². The smallest absolute Gasteiger partial charge is 0.316 e. The fourth-order valence-corrected chi connectivity index (χ4v) is 5.80. The van der Waals surface area contributed by atoms with E-state index >= 15 is 0 Å². The Kier molecular flexibility index (Phi) is 7.55. The van der Waals surface area contributed by atoms with E-state index in [1.54, 1.807) is 18.3 Å². The SMILES string of the molecule is C#Cc1c(F)ccc2cc(O)cc(-c3cc4nc(OC)ncc4c(Nc4ccccc4)n3)c12.FC1CC2CCCN2C1. The number of halogens is 2. The van der Waals surface area contributed by atoms with Crippen LogP contribution in [0.4, 0.5) is 20.3 Å².